The van der Waals surface area contributed by atoms with Gasteiger partial charge >= 0.3 is 0 Å². The number of carbonyl (C=O) groups is 1. The van der Waals surface area contributed by atoms with E-state index in [9.17, 15) is 9.59 Å². The number of rotatable bonds is 5. The van der Waals surface area contributed by atoms with E-state index in [0.717, 1.165) is 12.0 Å². The summed E-state index contributed by atoms with van der Waals surface area (Å²) in [5, 5.41) is 0. The third-order valence-electron chi connectivity index (χ3n) is 5.16. The SMILES string of the molecule is COc1ccccc1CC(=O)N1CC[C@H](c2cc(=O)[nH]c(-c3ccccn3)n2)C1. The van der Waals surface area contributed by atoms with Crippen LogP contribution in [0.1, 0.15) is 23.6 Å². The molecule has 1 aromatic carbocycles. The van der Waals surface area contributed by atoms with Gasteiger partial charge < -0.3 is 14.6 Å². The van der Waals surface area contributed by atoms with Gasteiger partial charge in [0.15, 0.2) is 5.82 Å². The van der Waals surface area contributed by atoms with Gasteiger partial charge in [-0.3, -0.25) is 14.6 Å². The van der Waals surface area contributed by atoms with Gasteiger partial charge in [0.1, 0.15) is 11.4 Å². The minimum absolute atomic E-state index is 0.0291. The van der Waals surface area contributed by atoms with Gasteiger partial charge in [0, 0.05) is 36.8 Å². The number of hydrogen-bond donors (Lipinski definition) is 1. The fourth-order valence-electron chi connectivity index (χ4n) is 3.66. The van der Waals surface area contributed by atoms with Crippen molar-refractivity contribution in [3.05, 3.63) is 76.3 Å². The number of carbonyl (C=O) groups excluding carboxylic acids is 1. The smallest absolute Gasteiger partial charge is 0.251 e. The Balaban J connectivity index is 1.49. The van der Waals surface area contributed by atoms with Crippen LogP contribution in [0.2, 0.25) is 0 Å². The van der Waals surface area contributed by atoms with Gasteiger partial charge in [0.2, 0.25) is 5.91 Å². The molecule has 0 unspecified atom stereocenters. The number of para-hydroxylation sites is 1. The highest BCUT2D eigenvalue weighted by atomic mass is 16.5. The van der Waals surface area contributed by atoms with Crippen molar-refractivity contribution in [2.75, 3.05) is 20.2 Å². The molecule has 4 rings (SSSR count). The predicted molar refractivity (Wildman–Crippen MR) is 109 cm³/mol. The largest absolute Gasteiger partial charge is 0.496 e. The maximum Gasteiger partial charge on any atom is 0.251 e. The first-order valence-electron chi connectivity index (χ1n) is 9.56. The summed E-state index contributed by atoms with van der Waals surface area (Å²) in [6, 6.07) is 14.5. The average molecular weight is 390 g/mol. The second-order valence-electron chi connectivity index (χ2n) is 7.05. The number of methoxy groups -OCH3 is 1. The molecule has 1 aliphatic rings. The Morgan fingerprint density at radius 2 is 2.07 bits per heavy atom. The highest BCUT2D eigenvalue weighted by Crippen LogP contribution is 2.27. The van der Waals surface area contributed by atoms with E-state index in [2.05, 4.69) is 15.0 Å². The summed E-state index contributed by atoms with van der Waals surface area (Å²) in [6.07, 6.45) is 2.73. The molecule has 1 N–H and O–H groups in total. The number of hydrogen-bond acceptors (Lipinski definition) is 5. The Labute approximate surface area is 168 Å². The summed E-state index contributed by atoms with van der Waals surface area (Å²) < 4.78 is 5.34. The standard InChI is InChI=1S/C22H22N4O3/c1-29-19-8-3-2-6-15(19)12-21(28)26-11-9-16(14-26)18-13-20(27)25-22(24-18)17-7-4-5-10-23-17/h2-8,10,13,16H,9,11-12,14H2,1H3,(H,24,25,27)/t16-/m0/s1. The highest BCUT2D eigenvalue weighted by molar-refractivity contribution is 5.80. The van der Waals surface area contributed by atoms with Gasteiger partial charge in [0.05, 0.1) is 19.2 Å². The molecule has 7 nitrogen and oxygen atoms in total. The van der Waals surface area contributed by atoms with Crippen LogP contribution in [0.15, 0.2) is 59.5 Å². The van der Waals surface area contributed by atoms with Crippen molar-refractivity contribution in [1.29, 1.82) is 0 Å². The number of nitrogens with zero attached hydrogens (tertiary/aromatic N) is 3. The first kappa shape index (κ1) is 18.9. The van der Waals surface area contributed by atoms with Crippen LogP contribution in [0.4, 0.5) is 0 Å². The molecule has 148 valence electrons. The van der Waals surface area contributed by atoms with Gasteiger partial charge in [0.25, 0.3) is 5.56 Å². The maximum atomic E-state index is 12.8. The fraction of sp³-hybridized carbons (Fsp3) is 0.273. The zero-order chi connectivity index (χ0) is 20.2. The normalized spacial score (nSPS) is 16.0. The Hall–Kier alpha value is -3.48. The van der Waals surface area contributed by atoms with Crippen LogP contribution in [0.3, 0.4) is 0 Å². The number of aromatic amines is 1. The molecule has 0 aliphatic carbocycles. The Morgan fingerprint density at radius 3 is 2.86 bits per heavy atom. The number of likely N-dealkylation sites (tertiary alicyclic amines) is 1. The van der Waals surface area contributed by atoms with Crippen molar-refractivity contribution >= 4 is 5.91 Å². The maximum absolute atomic E-state index is 12.8. The van der Waals surface area contributed by atoms with Gasteiger partial charge in [-0.05, 0) is 24.6 Å². The van der Waals surface area contributed by atoms with Crippen molar-refractivity contribution in [2.45, 2.75) is 18.8 Å². The molecule has 3 aromatic rings. The van der Waals surface area contributed by atoms with E-state index in [1.54, 1.807) is 19.4 Å². The van der Waals surface area contributed by atoms with E-state index in [-0.39, 0.29) is 17.4 Å². The first-order valence-corrected chi connectivity index (χ1v) is 9.56. The number of amides is 1. The molecular weight excluding hydrogens is 368 g/mol. The van der Waals surface area contributed by atoms with Crippen molar-refractivity contribution in [1.82, 2.24) is 19.9 Å². The molecule has 0 spiro atoms. The quantitative estimate of drug-likeness (QED) is 0.723. The molecule has 1 fully saturated rings. The number of ether oxygens (including phenoxy) is 1. The van der Waals surface area contributed by atoms with Crippen molar-refractivity contribution in [3.63, 3.8) is 0 Å². The van der Waals surface area contributed by atoms with Crippen LogP contribution in [-0.4, -0.2) is 46.0 Å². The molecule has 7 heteroatoms. The third kappa shape index (κ3) is 4.18. The lowest BCUT2D eigenvalue weighted by Crippen LogP contribution is -2.30. The van der Waals surface area contributed by atoms with E-state index < -0.39 is 0 Å². The summed E-state index contributed by atoms with van der Waals surface area (Å²) in [6.45, 7) is 1.19. The summed E-state index contributed by atoms with van der Waals surface area (Å²) in [4.78, 5) is 38.4. The Kier molecular flexibility index (Phi) is 5.37. The number of aromatic nitrogens is 3. The number of nitrogens with one attached hydrogen (secondary N) is 1. The second kappa shape index (κ2) is 8.26. The lowest BCUT2D eigenvalue weighted by atomic mass is 10.0. The van der Waals surface area contributed by atoms with Crippen LogP contribution in [0, 0.1) is 0 Å². The molecule has 1 amide bonds. The molecule has 3 heterocycles. The minimum Gasteiger partial charge on any atom is -0.496 e. The lowest BCUT2D eigenvalue weighted by Gasteiger charge is -2.17. The Bertz CT molecular complexity index is 1060. The van der Waals surface area contributed by atoms with Gasteiger partial charge in [-0.1, -0.05) is 24.3 Å². The lowest BCUT2D eigenvalue weighted by molar-refractivity contribution is -0.129. The first-order chi connectivity index (χ1) is 14.1. The molecule has 29 heavy (non-hydrogen) atoms. The summed E-state index contributed by atoms with van der Waals surface area (Å²) in [7, 11) is 1.60. The van der Waals surface area contributed by atoms with Gasteiger partial charge in [-0.15, -0.1) is 0 Å². The van der Waals surface area contributed by atoms with E-state index in [1.165, 1.54) is 6.07 Å². The Morgan fingerprint density at radius 1 is 1.24 bits per heavy atom. The van der Waals surface area contributed by atoms with E-state index in [4.69, 9.17) is 4.74 Å². The zero-order valence-electron chi connectivity index (χ0n) is 16.2. The van der Waals surface area contributed by atoms with E-state index in [1.807, 2.05) is 41.3 Å². The molecule has 0 bridgehead atoms. The van der Waals surface area contributed by atoms with Gasteiger partial charge in [-0.2, -0.15) is 0 Å². The van der Waals surface area contributed by atoms with Crippen LogP contribution in [-0.2, 0) is 11.2 Å². The molecule has 1 atom stereocenters. The summed E-state index contributed by atoms with van der Waals surface area (Å²) in [5.74, 6) is 1.24. The average Bonchev–Trinajstić information content (AvgIpc) is 3.25. The monoisotopic (exact) mass is 390 g/mol. The number of H-pyrrole nitrogens is 1. The highest BCUT2D eigenvalue weighted by Gasteiger charge is 2.29. The molecular formula is C22H22N4O3. The molecule has 0 radical (unpaired) electrons. The van der Waals surface area contributed by atoms with Crippen LogP contribution >= 0.6 is 0 Å². The zero-order valence-corrected chi connectivity index (χ0v) is 16.2. The van der Waals surface area contributed by atoms with E-state index in [0.29, 0.717) is 42.5 Å². The summed E-state index contributed by atoms with van der Waals surface area (Å²) in [5.41, 5.74) is 1.97. The molecule has 2 aromatic heterocycles. The van der Waals surface area contributed by atoms with Gasteiger partial charge in [-0.25, -0.2) is 4.98 Å². The minimum atomic E-state index is -0.213. The topological polar surface area (TPSA) is 88.2 Å². The van der Waals surface area contributed by atoms with Crippen LogP contribution < -0.4 is 10.3 Å². The van der Waals surface area contributed by atoms with Crippen molar-refractivity contribution in [3.8, 4) is 17.3 Å². The van der Waals surface area contributed by atoms with Crippen LogP contribution in [0.5, 0.6) is 5.75 Å². The number of benzene rings is 1. The second-order valence-corrected chi connectivity index (χ2v) is 7.05. The fourth-order valence-corrected chi connectivity index (χ4v) is 3.66. The summed E-state index contributed by atoms with van der Waals surface area (Å²) >= 11 is 0. The number of pyridine rings is 1. The predicted octanol–water partition coefficient (Wildman–Crippen LogP) is 2.40. The van der Waals surface area contributed by atoms with Crippen molar-refractivity contribution < 1.29 is 9.53 Å². The van der Waals surface area contributed by atoms with Crippen LogP contribution in [0.25, 0.3) is 11.5 Å². The van der Waals surface area contributed by atoms with Crippen molar-refractivity contribution in [2.24, 2.45) is 0 Å². The van der Waals surface area contributed by atoms with E-state index >= 15 is 0 Å². The molecule has 1 saturated heterocycles. The molecule has 0 saturated carbocycles. The third-order valence-corrected chi connectivity index (χ3v) is 5.16. The molecule has 1 aliphatic heterocycles.